The highest BCUT2D eigenvalue weighted by atomic mass is 16.3. The van der Waals surface area contributed by atoms with Gasteiger partial charge in [0.15, 0.2) is 0 Å². The molecule has 106 valence electrons. The molecule has 0 amide bonds. The summed E-state index contributed by atoms with van der Waals surface area (Å²) in [6, 6.07) is 14.7. The number of benzene rings is 1. The molecule has 3 rings (SSSR count). The molecule has 1 N–H and O–H groups in total. The molecule has 0 aliphatic carbocycles. The largest absolute Gasteiger partial charge is 0.467 e. The lowest BCUT2D eigenvalue weighted by Crippen LogP contribution is -2.29. The average molecular weight is 270 g/mol. The Morgan fingerprint density at radius 3 is 2.75 bits per heavy atom. The van der Waals surface area contributed by atoms with Gasteiger partial charge >= 0.3 is 0 Å². The highest BCUT2D eigenvalue weighted by Gasteiger charge is 2.22. The third-order valence-corrected chi connectivity index (χ3v) is 4.06. The molecule has 1 aliphatic heterocycles. The maximum Gasteiger partial charge on any atom is 0.125 e. The second-order valence-corrected chi connectivity index (χ2v) is 5.68. The maximum atomic E-state index is 5.61. The van der Waals surface area contributed by atoms with Crippen LogP contribution in [0, 0.1) is 5.92 Å². The average Bonchev–Trinajstić information content (AvgIpc) is 3.12. The fourth-order valence-corrected chi connectivity index (χ4v) is 2.96. The number of rotatable bonds is 5. The Kier molecular flexibility index (Phi) is 4.19. The third kappa shape index (κ3) is 3.11. The van der Waals surface area contributed by atoms with Crippen molar-refractivity contribution in [3.05, 3.63) is 60.1 Å². The van der Waals surface area contributed by atoms with Crippen LogP contribution in [-0.4, -0.2) is 31.6 Å². The number of hydrogen-bond donors (Lipinski definition) is 1. The molecule has 1 aromatic heterocycles. The van der Waals surface area contributed by atoms with Gasteiger partial charge in [-0.1, -0.05) is 30.3 Å². The fraction of sp³-hybridized carbons (Fsp3) is 0.412. The van der Waals surface area contributed by atoms with Gasteiger partial charge in [0.25, 0.3) is 0 Å². The van der Waals surface area contributed by atoms with Gasteiger partial charge in [-0.05, 0) is 43.6 Å². The Morgan fingerprint density at radius 1 is 1.25 bits per heavy atom. The second-order valence-electron chi connectivity index (χ2n) is 5.68. The Morgan fingerprint density at radius 2 is 2.10 bits per heavy atom. The number of hydrogen-bond acceptors (Lipinski definition) is 3. The Labute approximate surface area is 120 Å². The van der Waals surface area contributed by atoms with Crippen LogP contribution >= 0.6 is 0 Å². The summed E-state index contributed by atoms with van der Waals surface area (Å²) < 4.78 is 5.61. The van der Waals surface area contributed by atoms with Crippen LogP contribution in [0.2, 0.25) is 0 Å². The summed E-state index contributed by atoms with van der Waals surface area (Å²) in [7, 11) is 2.20. The molecular weight excluding hydrogens is 248 g/mol. The summed E-state index contributed by atoms with van der Waals surface area (Å²) in [5, 5.41) is 3.68. The van der Waals surface area contributed by atoms with Gasteiger partial charge < -0.3 is 14.6 Å². The van der Waals surface area contributed by atoms with E-state index in [1.807, 2.05) is 12.1 Å². The number of nitrogens with zero attached hydrogens (tertiary/aromatic N) is 1. The van der Waals surface area contributed by atoms with E-state index in [4.69, 9.17) is 4.42 Å². The van der Waals surface area contributed by atoms with Crippen molar-refractivity contribution in [1.82, 2.24) is 10.2 Å². The molecule has 1 fully saturated rings. The van der Waals surface area contributed by atoms with Crippen LogP contribution < -0.4 is 5.32 Å². The maximum absolute atomic E-state index is 5.61. The summed E-state index contributed by atoms with van der Waals surface area (Å²) in [5.74, 6) is 1.73. The first-order chi connectivity index (χ1) is 9.83. The van der Waals surface area contributed by atoms with Crippen LogP contribution in [0.15, 0.2) is 53.1 Å². The molecule has 3 nitrogen and oxygen atoms in total. The molecule has 2 unspecified atom stereocenters. The predicted octanol–water partition coefficient (Wildman–Crippen LogP) is 2.91. The van der Waals surface area contributed by atoms with Crippen molar-refractivity contribution in [2.75, 3.05) is 26.7 Å². The van der Waals surface area contributed by atoms with E-state index in [1.165, 1.54) is 25.1 Å². The summed E-state index contributed by atoms with van der Waals surface area (Å²) in [5.41, 5.74) is 1.26. The topological polar surface area (TPSA) is 28.4 Å². The first kappa shape index (κ1) is 13.4. The van der Waals surface area contributed by atoms with Crippen LogP contribution in [0.25, 0.3) is 0 Å². The van der Waals surface area contributed by atoms with Crippen LogP contribution in [0.1, 0.15) is 23.8 Å². The molecule has 2 atom stereocenters. The van der Waals surface area contributed by atoms with E-state index in [1.54, 1.807) is 6.26 Å². The molecule has 2 aromatic rings. The van der Waals surface area contributed by atoms with E-state index in [-0.39, 0.29) is 6.04 Å². The van der Waals surface area contributed by atoms with E-state index in [0.717, 1.165) is 18.2 Å². The first-order valence-corrected chi connectivity index (χ1v) is 7.33. The van der Waals surface area contributed by atoms with Crippen molar-refractivity contribution in [2.24, 2.45) is 5.92 Å². The van der Waals surface area contributed by atoms with Gasteiger partial charge in [-0.25, -0.2) is 0 Å². The van der Waals surface area contributed by atoms with Gasteiger partial charge in [0.05, 0.1) is 12.3 Å². The summed E-state index contributed by atoms with van der Waals surface area (Å²) in [6.07, 6.45) is 3.03. The first-order valence-electron chi connectivity index (χ1n) is 7.33. The molecule has 0 bridgehead atoms. The van der Waals surface area contributed by atoms with Gasteiger partial charge in [0.1, 0.15) is 5.76 Å². The Bertz CT molecular complexity index is 509. The van der Waals surface area contributed by atoms with Crippen molar-refractivity contribution in [1.29, 1.82) is 0 Å². The minimum Gasteiger partial charge on any atom is -0.467 e. The molecule has 0 spiro atoms. The predicted molar refractivity (Wildman–Crippen MR) is 80.6 cm³/mol. The highest BCUT2D eigenvalue weighted by Crippen LogP contribution is 2.23. The minimum absolute atomic E-state index is 0.150. The lowest BCUT2D eigenvalue weighted by molar-refractivity contribution is 0.374. The van der Waals surface area contributed by atoms with Gasteiger partial charge in [0.2, 0.25) is 0 Å². The molecule has 20 heavy (non-hydrogen) atoms. The van der Waals surface area contributed by atoms with Crippen LogP contribution in [-0.2, 0) is 0 Å². The van der Waals surface area contributed by atoms with E-state index < -0.39 is 0 Å². The standard InChI is InChI=1S/C17H22N2O/c1-19-10-9-14(13-19)12-18-17(16-8-5-11-20-16)15-6-3-2-4-7-15/h2-8,11,14,17-18H,9-10,12-13H2,1H3. The Hall–Kier alpha value is -1.58. The second kappa shape index (κ2) is 6.25. The minimum atomic E-state index is 0.150. The molecular formula is C17H22N2O. The normalized spacial score (nSPS) is 21.1. The summed E-state index contributed by atoms with van der Waals surface area (Å²) >= 11 is 0. The van der Waals surface area contributed by atoms with Crippen molar-refractivity contribution in [2.45, 2.75) is 12.5 Å². The van der Waals surface area contributed by atoms with Gasteiger partial charge in [0, 0.05) is 13.1 Å². The van der Waals surface area contributed by atoms with Crippen molar-refractivity contribution in [3.63, 3.8) is 0 Å². The van der Waals surface area contributed by atoms with Crippen molar-refractivity contribution in [3.8, 4) is 0 Å². The fourth-order valence-electron chi connectivity index (χ4n) is 2.96. The van der Waals surface area contributed by atoms with Gasteiger partial charge in [-0.3, -0.25) is 0 Å². The molecule has 3 heteroatoms. The van der Waals surface area contributed by atoms with Crippen molar-refractivity contribution < 1.29 is 4.42 Å². The van der Waals surface area contributed by atoms with E-state index >= 15 is 0 Å². The molecule has 0 saturated carbocycles. The van der Waals surface area contributed by atoms with Crippen LogP contribution in [0.3, 0.4) is 0 Å². The van der Waals surface area contributed by atoms with E-state index in [2.05, 4.69) is 47.6 Å². The SMILES string of the molecule is CN1CCC(CNC(c2ccccc2)c2ccco2)C1. The number of nitrogens with one attached hydrogen (secondary N) is 1. The molecule has 1 saturated heterocycles. The van der Waals surface area contributed by atoms with Crippen LogP contribution in [0.5, 0.6) is 0 Å². The Balaban J connectivity index is 1.70. The molecule has 1 aromatic carbocycles. The lowest BCUT2D eigenvalue weighted by atomic mass is 10.0. The summed E-state index contributed by atoms with van der Waals surface area (Å²) in [6.45, 7) is 3.43. The zero-order valence-corrected chi connectivity index (χ0v) is 12.0. The lowest BCUT2D eigenvalue weighted by Gasteiger charge is -2.20. The molecule has 2 heterocycles. The number of furan rings is 1. The third-order valence-electron chi connectivity index (χ3n) is 4.06. The zero-order chi connectivity index (χ0) is 13.8. The molecule has 0 radical (unpaired) electrons. The monoisotopic (exact) mass is 270 g/mol. The van der Waals surface area contributed by atoms with E-state index in [9.17, 15) is 0 Å². The van der Waals surface area contributed by atoms with Crippen LogP contribution in [0.4, 0.5) is 0 Å². The van der Waals surface area contributed by atoms with Gasteiger partial charge in [-0.15, -0.1) is 0 Å². The van der Waals surface area contributed by atoms with E-state index in [0.29, 0.717) is 0 Å². The summed E-state index contributed by atoms with van der Waals surface area (Å²) in [4.78, 5) is 2.40. The smallest absolute Gasteiger partial charge is 0.125 e. The van der Waals surface area contributed by atoms with Crippen molar-refractivity contribution >= 4 is 0 Å². The highest BCUT2D eigenvalue weighted by molar-refractivity contribution is 5.26. The quantitative estimate of drug-likeness (QED) is 0.905. The van der Waals surface area contributed by atoms with Gasteiger partial charge in [-0.2, -0.15) is 0 Å². The molecule has 1 aliphatic rings. The zero-order valence-electron chi connectivity index (χ0n) is 12.0. The number of likely N-dealkylation sites (tertiary alicyclic amines) is 1.